The number of nitrogens with zero attached hydrogens (tertiary/aromatic N) is 1. The van der Waals surface area contributed by atoms with Gasteiger partial charge >= 0.3 is 0 Å². The first kappa shape index (κ1) is 16.1. The normalized spacial score (nSPS) is 10.2. The molecule has 4 nitrogen and oxygen atoms in total. The van der Waals surface area contributed by atoms with Gasteiger partial charge in [-0.15, -0.1) is 0 Å². The molecule has 1 heterocycles. The molecule has 0 unspecified atom stereocenters. The van der Waals surface area contributed by atoms with Crippen LogP contribution >= 0.6 is 15.9 Å². The molecule has 0 aliphatic rings. The Bertz CT molecular complexity index is 885. The second kappa shape index (κ2) is 7.23. The molecule has 0 aliphatic heterocycles. The van der Waals surface area contributed by atoms with Gasteiger partial charge in [-0.05, 0) is 52.3 Å². The van der Waals surface area contributed by atoms with Crippen LogP contribution in [0.1, 0.15) is 10.4 Å². The van der Waals surface area contributed by atoms with E-state index in [0.29, 0.717) is 11.3 Å². The highest BCUT2D eigenvalue weighted by atomic mass is 79.9. The molecule has 24 heavy (non-hydrogen) atoms. The molecule has 6 heteroatoms. The number of aromatic nitrogens is 1. The molecule has 0 saturated heterocycles. The number of hydrogen-bond acceptors (Lipinski definition) is 3. The molecular weight excluding hydrogens is 373 g/mol. The number of para-hydroxylation sites is 2. The second-order valence-corrected chi connectivity index (χ2v) is 5.79. The molecule has 0 atom stereocenters. The summed E-state index contributed by atoms with van der Waals surface area (Å²) in [5, 5.41) is 5.67. The summed E-state index contributed by atoms with van der Waals surface area (Å²) in [5.41, 5.74) is 1.21. The average molecular weight is 386 g/mol. The van der Waals surface area contributed by atoms with E-state index in [2.05, 4.69) is 31.5 Å². The Morgan fingerprint density at radius 1 is 0.958 bits per heavy atom. The van der Waals surface area contributed by atoms with Crippen LogP contribution in [0.3, 0.4) is 0 Å². The number of benzene rings is 2. The monoisotopic (exact) mass is 385 g/mol. The molecule has 3 aromatic rings. The summed E-state index contributed by atoms with van der Waals surface area (Å²) < 4.78 is 14.6. The van der Waals surface area contributed by atoms with E-state index in [-0.39, 0.29) is 17.4 Å². The molecule has 0 aliphatic carbocycles. The summed E-state index contributed by atoms with van der Waals surface area (Å²) in [4.78, 5) is 16.7. The predicted octanol–water partition coefficient (Wildman–Crippen LogP) is 4.98. The van der Waals surface area contributed by atoms with Crippen LogP contribution in [0.5, 0.6) is 0 Å². The highest BCUT2D eigenvalue weighted by molar-refractivity contribution is 9.10. The van der Waals surface area contributed by atoms with Crippen LogP contribution in [-0.4, -0.2) is 10.9 Å². The standard InChI is InChI=1S/C18H13BrFN3O/c19-13-7-1-3-9-15(13)23-18(24)12-6-5-11-21-17(12)22-16-10-4-2-8-14(16)20/h1-11H,(H,21,22)(H,23,24). The van der Waals surface area contributed by atoms with Crippen LogP contribution < -0.4 is 10.6 Å². The number of carbonyl (C=O) groups is 1. The van der Waals surface area contributed by atoms with E-state index in [1.54, 1.807) is 42.6 Å². The number of anilines is 3. The molecule has 120 valence electrons. The molecule has 0 spiro atoms. The van der Waals surface area contributed by atoms with Crippen LogP contribution in [0.15, 0.2) is 71.3 Å². The first-order valence-electron chi connectivity index (χ1n) is 7.17. The maximum absolute atomic E-state index is 13.8. The zero-order chi connectivity index (χ0) is 16.9. The molecule has 2 aromatic carbocycles. The minimum absolute atomic E-state index is 0.256. The van der Waals surface area contributed by atoms with E-state index < -0.39 is 5.82 Å². The number of hydrogen-bond donors (Lipinski definition) is 2. The third kappa shape index (κ3) is 3.60. The number of nitrogens with one attached hydrogen (secondary N) is 2. The first-order chi connectivity index (χ1) is 11.6. The first-order valence-corrected chi connectivity index (χ1v) is 7.97. The molecule has 0 fully saturated rings. The van der Waals surface area contributed by atoms with Crippen molar-refractivity contribution in [3.63, 3.8) is 0 Å². The third-order valence-electron chi connectivity index (χ3n) is 3.30. The highest BCUT2D eigenvalue weighted by Gasteiger charge is 2.14. The third-order valence-corrected chi connectivity index (χ3v) is 3.99. The molecule has 1 aromatic heterocycles. The fourth-order valence-electron chi connectivity index (χ4n) is 2.13. The number of rotatable bonds is 4. The Labute approximate surface area is 146 Å². The van der Waals surface area contributed by atoms with Gasteiger partial charge in [-0.3, -0.25) is 4.79 Å². The van der Waals surface area contributed by atoms with E-state index in [0.717, 1.165) is 4.47 Å². The number of amides is 1. The lowest BCUT2D eigenvalue weighted by Crippen LogP contribution is -2.15. The Hall–Kier alpha value is -2.73. The Morgan fingerprint density at radius 2 is 1.67 bits per heavy atom. The SMILES string of the molecule is O=C(Nc1ccccc1Br)c1cccnc1Nc1ccccc1F. The Morgan fingerprint density at radius 3 is 2.42 bits per heavy atom. The fourth-order valence-corrected chi connectivity index (χ4v) is 2.51. The van der Waals surface area contributed by atoms with Crippen molar-refractivity contribution in [2.45, 2.75) is 0 Å². The van der Waals surface area contributed by atoms with Crippen molar-refractivity contribution in [2.24, 2.45) is 0 Å². The van der Waals surface area contributed by atoms with Crippen LogP contribution in [0.4, 0.5) is 21.6 Å². The highest BCUT2D eigenvalue weighted by Crippen LogP contribution is 2.24. The molecule has 0 radical (unpaired) electrons. The smallest absolute Gasteiger partial charge is 0.259 e. The fraction of sp³-hybridized carbons (Fsp3) is 0. The van der Waals surface area contributed by atoms with Crippen molar-refractivity contribution in [3.05, 3.63) is 82.7 Å². The quantitative estimate of drug-likeness (QED) is 0.665. The van der Waals surface area contributed by atoms with E-state index in [4.69, 9.17) is 0 Å². The maximum atomic E-state index is 13.8. The predicted molar refractivity (Wildman–Crippen MR) is 96.0 cm³/mol. The van der Waals surface area contributed by atoms with Gasteiger partial charge < -0.3 is 10.6 Å². The van der Waals surface area contributed by atoms with E-state index >= 15 is 0 Å². The lowest BCUT2D eigenvalue weighted by Gasteiger charge is -2.12. The average Bonchev–Trinajstić information content (AvgIpc) is 2.59. The number of halogens is 2. The van der Waals surface area contributed by atoms with Gasteiger partial charge in [0.15, 0.2) is 0 Å². The molecule has 3 rings (SSSR count). The van der Waals surface area contributed by atoms with Gasteiger partial charge in [0.25, 0.3) is 5.91 Å². The van der Waals surface area contributed by atoms with Gasteiger partial charge in [0.2, 0.25) is 0 Å². The Kier molecular flexibility index (Phi) is 4.86. The van der Waals surface area contributed by atoms with Crippen molar-refractivity contribution < 1.29 is 9.18 Å². The summed E-state index contributed by atoms with van der Waals surface area (Å²) in [5.74, 6) is -0.471. The van der Waals surface area contributed by atoms with E-state index in [1.807, 2.05) is 18.2 Å². The van der Waals surface area contributed by atoms with Crippen molar-refractivity contribution in [1.29, 1.82) is 0 Å². The van der Waals surface area contributed by atoms with Crippen molar-refractivity contribution in [2.75, 3.05) is 10.6 Å². The summed E-state index contributed by atoms with van der Waals surface area (Å²) in [7, 11) is 0. The minimum Gasteiger partial charge on any atom is -0.337 e. The molecule has 2 N–H and O–H groups in total. The summed E-state index contributed by atoms with van der Waals surface area (Å²) in [6.07, 6.45) is 1.54. The van der Waals surface area contributed by atoms with Crippen LogP contribution in [-0.2, 0) is 0 Å². The van der Waals surface area contributed by atoms with Crippen molar-refractivity contribution in [1.82, 2.24) is 4.98 Å². The minimum atomic E-state index is -0.416. The lowest BCUT2D eigenvalue weighted by molar-refractivity contribution is 0.102. The number of carbonyl (C=O) groups excluding carboxylic acids is 1. The second-order valence-electron chi connectivity index (χ2n) is 4.94. The van der Waals surface area contributed by atoms with Gasteiger partial charge in [-0.2, -0.15) is 0 Å². The molecule has 1 amide bonds. The van der Waals surface area contributed by atoms with E-state index in [9.17, 15) is 9.18 Å². The van der Waals surface area contributed by atoms with Gasteiger partial charge in [0.1, 0.15) is 11.6 Å². The maximum Gasteiger partial charge on any atom is 0.259 e. The van der Waals surface area contributed by atoms with Crippen LogP contribution in [0.2, 0.25) is 0 Å². The van der Waals surface area contributed by atoms with E-state index in [1.165, 1.54) is 6.07 Å². The lowest BCUT2D eigenvalue weighted by atomic mass is 10.2. The van der Waals surface area contributed by atoms with Gasteiger partial charge in [0.05, 0.1) is 16.9 Å². The molecule has 0 saturated carbocycles. The van der Waals surface area contributed by atoms with Crippen LogP contribution in [0, 0.1) is 5.82 Å². The molecule has 0 bridgehead atoms. The van der Waals surface area contributed by atoms with Gasteiger partial charge in [-0.25, -0.2) is 9.37 Å². The molecular formula is C18H13BrFN3O. The topological polar surface area (TPSA) is 54.0 Å². The van der Waals surface area contributed by atoms with Crippen molar-refractivity contribution >= 4 is 39.0 Å². The summed E-state index contributed by atoms with van der Waals surface area (Å²) in [6, 6.07) is 16.8. The number of pyridine rings is 1. The van der Waals surface area contributed by atoms with Crippen molar-refractivity contribution in [3.8, 4) is 0 Å². The zero-order valence-electron chi connectivity index (χ0n) is 12.5. The van der Waals surface area contributed by atoms with Crippen LogP contribution in [0.25, 0.3) is 0 Å². The van der Waals surface area contributed by atoms with Gasteiger partial charge in [-0.1, -0.05) is 24.3 Å². The zero-order valence-corrected chi connectivity index (χ0v) is 14.0. The summed E-state index contributed by atoms with van der Waals surface area (Å²) in [6.45, 7) is 0. The Balaban J connectivity index is 1.88. The largest absolute Gasteiger partial charge is 0.337 e. The summed E-state index contributed by atoms with van der Waals surface area (Å²) >= 11 is 3.38. The van der Waals surface area contributed by atoms with Gasteiger partial charge in [0, 0.05) is 10.7 Å².